The van der Waals surface area contributed by atoms with Crippen molar-refractivity contribution < 1.29 is 4.79 Å². The van der Waals surface area contributed by atoms with Crippen molar-refractivity contribution in [1.29, 1.82) is 0 Å². The molecule has 4 nitrogen and oxygen atoms in total. The lowest BCUT2D eigenvalue weighted by atomic mass is 9.87. The fourth-order valence-electron chi connectivity index (χ4n) is 3.49. The minimum atomic E-state index is 0.0932. The Morgan fingerprint density at radius 1 is 1.31 bits per heavy atom. The molecule has 1 N–H and O–H groups in total. The first-order valence-corrected chi connectivity index (χ1v) is 10.8. The van der Waals surface area contributed by atoms with Crippen LogP contribution in [0, 0.1) is 0 Å². The van der Waals surface area contributed by atoms with Gasteiger partial charge in [-0.25, -0.2) is 4.68 Å². The molecule has 0 bridgehead atoms. The smallest absolute Gasteiger partial charge is 0.221 e. The van der Waals surface area contributed by atoms with Crippen LogP contribution in [0.2, 0.25) is 0 Å². The van der Waals surface area contributed by atoms with Gasteiger partial charge in [0.2, 0.25) is 5.91 Å². The number of thioether (sulfide) groups is 1. The second kappa shape index (κ2) is 7.87. The summed E-state index contributed by atoms with van der Waals surface area (Å²) < 4.78 is 2.04. The first-order valence-electron chi connectivity index (χ1n) is 9.36. The number of amides is 1. The molecular weight excluding hydrogens is 342 g/mol. The summed E-state index contributed by atoms with van der Waals surface area (Å²) in [5.74, 6) is 1.00. The quantitative estimate of drug-likeness (QED) is 0.846. The molecule has 1 amide bonds. The lowest BCUT2D eigenvalue weighted by Gasteiger charge is -2.24. The number of hydrogen-bond acceptors (Lipinski definition) is 3. The van der Waals surface area contributed by atoms with E-state index in [1.54, 1.807) is 11.8 Å². The summed E-state index contributed by atoms with van der Waals surface area (Å²) in [6.45, 7) is 6.67. The van der Waals surface area contributed by atoms with Crippen LogP contribution < -0.4 is 5.32 Å². The Labute approximate surface area is 160 Å². The molecule has 2 aromatic rings. The molecule has 140 valence electrons. The Morgan fingerprint density at radius 2 is 2.04 bits per heavy atom. The minimum Gasteiger partial charge on any atom is -0.349 e. The number of carbonyl (C=O) groups is 1. The maximum Gasteiger partial charge on any atom is 0.221 e. The van der Waals surface area contributed by atoms with Crippen LogP contribution in [0.25, 0.3) is 5.69 Å². The van der Waals surface area contributed by atoms with Crippen LogP contribution in [0.15, 0.2) is 30.5 Å². The van der Waals surface area contributed by atoms with E-state index in [1.165, 1.54) is 16.8 Å². The van der Waals surface area contributed by atoms with Crippen LogP contribution in [-0.2, 0) is 16.6 Å². The first-order chi connectivity index (χ1) is 12.4. The van der Waals surface area contributed by atoms with Crippen LogP contribution in [-0.4, -0.2) is 27.7 Å². The fourth-order valence-corrected chi connectivity index (χ4v) is 3.88. The van der Waals surface area contributed by atoms with Crippen molar-refractivity contribution in [2.75, 3.05) is 12.0 Å². The van der Waals surface area contributed by atoms with Crippen molar-refractivity contribution in [2.24, 2.45) is 0 Å². The number of nitrogens with one attached hydrogen (secondary N) is 1. The summed E-state index contributed by atoms with van der Waals surface area (Å²) in [4.78, 5) is 12.1. The number of hydrogen-bond donors (Lipinski definition) is 1. The molecule has 1 aliphatic carbocycles. The average Bonchev–Trinajstić information content (AvgIpc) is 3.04. The summed E-state index contributed by atoms with van der Waals surface area (Å²) in [6, 6.07) is 8.76. The summed E-state index contributed by atoms with van der Waals surface area (Å²) in [7, 11) is 0. The maximum absolute atomic E-state index is 12.1. The molecule has 0 aliphatic heterocycles. The van der Waals surface area contributed by atoms with E-state index in [2.05, 4.69) is 55.5 Å². The van der Waals surface area contributed by atoms with Crippen molar-refractivity contribution in [1.82, 2.24) is 15.1 Å². The van der Waals surface area contributed by atoms with Crippen LogP contribution in [0.1, 0.15) is 62.9 Å². The number of aromatic nitrogens is 2. The molecule has 3 rings (SSSR count). The molecule has 0 radical (unpaired) electrons. The molecule has 0 unspecified atom stereocenters. The third-order valence-electron chi connectivity index (χ3n) is 5.03. The van der Waals surface area contributed by atoms with E-state index in [4.69, 9.17) is 0 Å². The van der Waals surface area contributed by atoms with E-state index in [1.807, 2.05) is 17.1 Å². The largest absolute Gasteiger partial charge is 0.349 e. The van der Waals surface area contributed by atoms with Gasteiger partial charge in [-0.05, 0) is 48.6 Å². The Balaban J connectivity index is 1.81. The van der Waals surface area contributed by atoms with Gasteiger partial charge in [-0.1, -0.05) is 32.9 Å². The second-order valence-corrected chi connectivity index (χ2v) is 9.00. The molecule has 5 heteroatoms. The maximum atomic E-state index is 12.1. The highest BCUT2D eigenvalue weighted by atomic mass is 32.2. The molecule has 1 aromatic heterocycles. The van der Waals surface area contributed by atoms with E-state index < -0.39 is 0 Å². The highest BCUT2D eigenvalue weighted by Crippen LogP contribution is 2.31. The van der Waals surface area contributed by atoms with Crippen molar-refractivity contribution in [2.45, 2.75) is 57.9 Å². The molecule has 0 saturated heterocycles. The third kappa shape index (κ3) is 4.14. The number of benzene rings is 1. The molecule has 1 heterocycles. The molecule has 1 atom stereocenters. The van der Waals surface area contributed by atoms with Gasteiger partial charge in [0, 0.05) is 23.4 Å². The lowest BCUT2D eigenvalue weighted by molar-refractivity contribution is -0.121. The third-order valence-corrected chi connectivity index (χ3v) is 5.64. The average molecular weight is 372 g/mol. The molecule has 0 saturated carbocycles. The van der Waals surface area contributed by atoms with Crippen molar-refractivity contribution >= 4 is 17.7 Å². The topological polar surface area (TPSA) is 46.9 Å². The fraction of sp³-hybridized carbons (Fsp3) is 0.524. The first kappa shape index (κ1) is 19.0. The normalized spacial score (nSPS) is 17.0. The predicted octanol–water partition coefficient (Wildman–Crippen LogP) is 4.42. The van der Waals surface area contributed by atoms with E-state index in [0.29, 0.717) is 6.42 Å². The molecule has 0 fully saturated rings. The van der Waals surface area contributed by atoms with Gasteiger partial charge in [0.25, 0.3) is 0 Å². The number of nitrogens with zero attached hydrogens (tertiary/aromatic N) is 2. The molecule has 1 aliphatic rings. The van der Waals surface area contributed by atoms with Gasteiger partial charge < -0.3 is 5.32 Å². The van der Waals surface area contributed by atoms with Crippen molar-refractivity contribution in [3.63, 3.8) is 0 Å². The van der Waals surface area contributed by atoms with Crippen LogP contribution >= 0.6 is 11.8 Å². The monoisotopic (exact) mass is 371 g/mol. The summed E-state index contributed by atoms with van der Waals surface area (Å²) in [5.41, 5.74) is 4.97. The van der Waals surface area contributed by atoms with Gasteiger partial charge in [-0.2, -0.15) is 16.9 Å². The Hall–Kier alpha value is -1.75. The van der Waals surface area contributed by atoms with Crippen LogP contribution in [0.3, 0.4) is 0 Å². The molecule has 1 aromatic carbocycles. The number of fused-ring (bicyclic) bond motifs is 1. The van der Waals surface area contributed by atoms with E-state index >= 15 is 0 Å². The van der Waals surface area contributed by atoms with Crippen LogP contribution in [0.4, 0.5) is 0 Å². The highest BCUT2D eigenvalue weighted by Gasteiger charge is 2.26. The zero-order chi connectivity index (χ0) is 18.7. The number of carbonyl (C=O) groups excluding carboxylic acids is 1. The van der Waals surface area contributed by atoms with E-state index in [0.717, 1.165) is 30.7 Å². The Morgan fingerprint density at radius 3 is 2.69 bits per heavy atom. The molecule has 26 heavy (non-hydrogen) atoms. The van der Waals surface area contributed by atoms with E-state index in [9.17, 15) is 4.79 Å². The Kier molecular flexibility index (Phi) is 5.76. The predicted molar refractivity (Wildman–Crippen MR) is 109 cm³/mol. The zero-order valence-corrected chi connectivity index (χ0v) is 17.0. The van der Waals surface area contributed by atoms with E-state index in [-0.39, 0.29) is 17.4 Å². The standard InChI is InChI=1S/C21H29N3OS/c1-21(2,3)15-8-10-16(11-9-15)24-19-7-5-6-18(17(19)14-22-24)23-20(25)12-13-26-4/h8-11,14,18H,5-7,12-13H2,1-4H3,(H,23,25)/t18-/m0/s1. The SMILES string of the molecule is CSCCC(=O)N[C@H]1CCCc2c1cnn2-c1ccc(C(C)(C)C)cc1. The van der Waals surface area contributed by atoms with Crippen molar-refractivity contribution in [3.8, 4) is 5.69 Å². The van der Waals surface area contributed by atoms with Gasteiger partial charge in [0.15, 0.2) is 0 Å². The van der Waals surface area contributed by atoms with Gasteiger partial charge in [-0.15, -0.1) is 0 Å². The second-order valence-electron chi connectivity index (χ2n) is 8.01. The highest BCUT2D eigenvalue weighted by molar-refractivity contribution is 7.98. The lowest BCUT2D eigenvalue weighted by Crippen LogP contribution is -2.31. The summed E-state index contributed by atoms with van der Waals surface area (Å²) in [5, 5.41) is 7.84. The van der Waals surface area contributed by atoms with Crippen molar-refractivity contribution in [3.05, 3.63) is 47.3 Å². The van der Waals surface area contributed by atoms with Gasteiger partial charge in [0.05, 0.1) is 17.9 Å². The van der Waals surface area contributed by atoms with Gasteiger partial charge >= 0.3 is 0 Å². The van der Waals surface area contributed by atoms with Gasteiger partial charge in [-0.3, -0.25) is 4.79 Å². The number of rotatable bonds is 5. The molecule has 0 spiro atoms. The minimum absolute atomic E-state index is 0.0932. The van der Waals surface area contributed by atoms with Gasteiger partial charge in [0.1, 0.15) is 0 Å². The van der Waals surface area contributed by atoms with Crippen LogP contribution in [0.5, 0.6) is 0 Å². The summed E-state index contributed by atoms with van der Waals surface area (Å²) >= 11 is 1.70. The summed E-state index contributed by atoms with van der Waals surface area (Å²) in [6.07, 6.45) is 7.62. The molecular formula is C21H29N3OS. The zero-order valence-electron chi connectivity index (χ0n) is 16.2. The Bertz CT molecular complexity index is 759.